The summed E-state index contributed by atoms with van der Waals surface area (Å²) in [5, 5.41) is 0. The maximum atomic E-state index is 5.64. The van der Waals surface area contributed by atoms with Crippen LogP contribution in [0.5, 0.6) is 0 Å². The van der Waals surface area contributed by atoms with E-state index in [-0.39, 0.29) is 0 Å². The van der Waals surface area contributed by atoms with E-state index in [0.717, 1.165) is 13.2 Å². The second-order valence-electron chi connectivity index (χ2n) is 9.04. The number of rotatable bonds is 29. The first kappa shape index (κ1) is 31.8. The summed E-state index contributed by atoms with van der Waals surface area (Å²) in [6.45, 7) is 9.83. The zero-order chi connectivity index (χ0) is 23.2. The van der Waals surface area contributed by atoms with E-state index in [1.165, 1.54) is 116 Å². The Labute approximate surface area is 201 Å². The minimum Gasteiger partial charge on any atom is -0.379 e. The molecule has 0 aromatic heterocycles. The van der Waals surface area contributed by atoms with Gasteiger partial charge in [-0.1, -0.05) is 116 Å². The van der Waals surface area contributed by atoms with Crippen LogP contribution in [0.25, 0.3) is 0 Å². The SMILES string of the molecule is CCCCCCCCCCCCCCCCCCCCOCCOCCOCCOCC. The van der Waals surface area contributed by atoms with Crippen LogP contribution >= 0.6 is 0 Å². The van der Waals surface area contributed by atoms with Gasteiger partial charge >= 0.3 is 0 Å². The number of hydrogen-bond donors (Lipinski definition) is 0. The fourth-order valence-corrected chi connectivity index (χ4v) is 3.91. The summed E-state index contributed by atoms with van der Waals surface area (Å²) >= 11 is 0. The van der Waals surface area contributed by atoms with E-state index in [2.05, 4.69) is 6.92 Å². The zero-order valence-corrected chi connectivity index (χ0v) is 22.0. The normalized spacial score (nSPS) is 11.4. The fourth-order valence-electron chi connectivity index (χ4n) is 3.91. The summed E-state index contributed by atoms with van der Waals surface area (Å²) in [4.78, 5) is 0. The van der Waals surface area contributed by atoms with Gasteiger partial charge in [0.15, 0.2) is 0 Å². The predicted molar refractivity (Wildman–Crippen MR) is 138 cm³/mol. The third-order valence-electron chi connectivity index (χ3n) is 5.96. The van der Waals surface area contributed by atoms with Gasteiger partial charge < -0.3 is 18.9 Å². The van der Waals surface area contributed by atoms with Gasteiger partial charge in [0.1, 0.15) is 0 Å². The number of hydrogen-bond acceptors (Lipinski definition) is 4. The molecule has 0 aliphatic carbocycles. The molecule has 0 aromatic carbocycles. The Morgan fingerprint density at radius 2 is 0.562 bits per heavy atom. The zero-order valence-electron chi connectivity index (χ0n) is 22.0. The van der Waals surface area contributed by atoms with E-state index in [1.807, 2.05) is 6.92 Å². The molecule has 0 saturated carbocycles. The molecule has 0 amide bonds. The molecule has 0 atom stereocenters. The van der Waals surface area contributed by atoms with Crippen molar-refractivity contribution in [1.29, 1.82) is 0 Å². The molecule has 32 heavy (non-hydrogen) atoms. The van der Waals surface area contributed by atoms with Gasteiger partial charge in [-0.25, -0.2) is 0 Å². The maximum Gasteiger partial charge on any atom is 0.0701 e. The topological polar surface area (TPSA) is 36.9 Å². The number of ether oxygens (including phenoxy) is 4. The van der Waals surface area contributed by atoms with Gasteiger partial charge in [-0.05, 0) is 13.3 Å². The summed E-state index contributed by atoms with van der Waals surface area (Å²) in [7, 11) is 0. The molecule has 0 saturated heterocycles. The summed E-state index contributed by atoms with van der Waals surface area (Å²) in [6.07, 6.45) is 25.4. The highest BCUT2D eigenvalue weighted by atomic mass is 16.6. The van der Waals surface area contributed by atoms with E-state index in [4.69, 9.17) is 18.9 Å². The lowest BCUT2D eigenvalue weighted by Gasteiger charge is -2.07. The van der Waals surface area contributed by atoms with Gasteiger partial charge in [0.25, 0.3) is 0 Å². The molecule has 0 N–H and O–H groups in total. The Morgan fingerprint density at radius 3 is 0.906 bits per heavy atom. The molecular formula is C28H58O4. The molecule has 0 aliphatic heterocycles. The highest BCUT2D eigenvalue weighted by Gasteiger charge is 1.96. The Kier molecular flexibility index (Phi) is 30.7. The van der Waals surface area contributed by atoms with Gasteiger partial charge in [-0.3, -0.25) is 0 Å². The van der Waals surface area contributed by atoms with Crippen molar-refractivity contribution in [2.45, 2.75) is 129 Å². The van der Waals surface area contributed by atoms with Gasteiger partial charge in [-0.2, -0.15) is 0 Å². The van der Waals surface area contributed by atoms with Crippen molar-refractivity contribution in [3.63, 3.8) is 0 Å². The monoisotopic (exact) mass is 458 g/mol. The third-order valence-corrected chi connectivity index (χ3v) is 5.96. The van der Waals surface area contributed by atoms with Crippen LogP contribution in [0.3, 0.4) is 0 Å². The van der Waals surface area contributed by atoms with E-state index in [1.54, 1.807) is 0 Å². The average molecular weight is 459 g/mol. The molecule has 4 nitrogen and oxygen atoms in total. The quantitative estimate of drug-likeness (QED) is 0.106. The molecule has 0 rings (SSSR count). The average Bonchev–Trinajstić information content (AvgIpc) is 2.81. The van der Waals surface area contributed by atoms with Gasteiger partial charge in [0.05, 0.1) is 39.6 Å². The predicted octanol–water partition coefficient (Wildman–Crippen LogP) is 8.11. The van der Waals surface area contributed by atoms with Gasteiger partial charge in [0, 0.05) is 13.2 Å². The lowest BCUT2D eigenvalue weighted by Crippen LogP contribution is -2.12. The van der Waals surface area contributed by atoms with Crippen LogP contribution in [0.15, 0.2) is 0 Å². The Bertz CT molecular complexity index is 282. The number of unbranched alkanes of at least 4 members (excludes halogenated alkanes) is 17. The van der Waals surface area contributed by atoms with Crippen molar-refractivity contribution in [2.24, 2.45) is 0 Å². The second-order valence-corrected chi connectivity index (χ2v) is 9.04. The molecule has 0 heterocycles. The summed E-state index contributed by atoms with van der Waals surface area (Å²) in [6, 6.07) is 0. The minimum atomic E-state index is 0.631. The van der Waals surface area contributed by atoms with Crippen LogP contribution < -0.4 is 0 Å². The molecule has 0 unspecified atom stereocenters. The van der Waals surface area contributed by atoms with E-state index < -0.39 is 0 Å². The molecular weight excluding hydrogens is 400 g/mol. The summed E-state index contributed by atoms with van der Waals surface area (Å²) in [5.41, 5.74) is 0. The lowest BCUT2D eigenvalue weighted by atomic mass is 10.0. The van der Waals surface area contributed by atoms with Gasteiger partial charge in [-0.15, -0.1) is 0 Å². The standard InChI is InChI=1S/C28H58O4/c1-3-5-6-7-8-9-10-11-12-13-14-15-16-17-18-19-20-21-22-30-25-26-32-28-27-31-24-23-29-4-2/h3-28H2,1-2H3. The van der Waals surface area contributed by atoms with Crippen molar-refractivity contribution in [3.05, 3.63) is 0 Å². The first-order valence-electron chi connectivity index (χ1n) is 14.2. The first-order valence-corrected chi connectivity index (χ1v) is 14.2. The summed E-state index contributed by atoms with van der Waals surface area (Å²) < 4.78 is 21.7. The van der Waals surface area contributed by atoms with Crippen LogP contribution in [0, 0.1) is 0 Å². The van der Waals surface area contributed by atoms with Gasteiger partial charge in [0.2, 0.25) is 0 Å². The van der Waals surface area contributed by atoms with E-state index in [0.29, 0.717) is 39.6 Å². The Morgan fingerprint density at radius 1 is 0.281 bits per heavy atom. The maximum absolute atomic E-state index is 5.64. The van der Waals surface area contributed by atoms with Crippen molar-refractivity contribution in [1.82, 2.24) is 0 Å². The minimum absolute atomic E-state index is 0.631. The molecule has 0 fully saturated rings. The van der Waals surface area contributed by atoms with Crippen LogP contribution in [0.1, 0.15) is 129 Å². The van der Waals surface area contributed by atoms with Crippen molar-refractivity contribution >= 4 is 0 Å². The van der Waals surface area contributed by atoms with E-state index >= 15 is 0 Å². The van der Waals surface area contributed by atoms with Crippen molar-refractivity contribution < 1.29 is 18.9 Å². The molecule has 194 valence electrons. The molecule has 0 bridgehead atoms. The second kappa shape index (κ2) is 30.8. The summed E-state index contributed by atoms with van der Waals surface area (Å²) in [5.74, 6) is 0. The highest BCUT2D eigenvalue weighted by molar-refractivity contribution is 4.50. The van der Waals surface area contributed by atoms with Crippen LogP contribution in [-0.2, 0) is 18.9 Å². The van der Waals surface area contributed by atoms with Crippen molar-refractivity contribution in [2.75, 3.05) is 52.9 Å². The molecule has 4 heteroatoms. The molecule has 0 radical (unpaired) electrons. The first-order chi connectivity index (χ1) is 15.9. The molecule has 0 aromatic rings. The third kappa shape index (κ3) is 29.8. The van der Waals surface area contributed by atoms with Crippen molar-refractivity contribution in [3.8, 4) is 0 Å². The highest BCUT2D eigenvalue weighted by Crippen LogP contribution is 2.14. The van der Waals surface area contributed by atoms with E-state index in [9.17, 15) is 0 Å². The van der Waals surface area contributed by atoms with Crippen LogP contribution in [-0.4, -0.2) is 52.9 Å². The molecule has 0 aliphatic rings. The Hall–Kier alpha value is -0.160. The smallest absolute Gasteiger partial charge is 0.0701 e. The Balaban J connectivity index is 2.98. The fraction of sp³-hybridized carbons (Fsp3) is 1.00. The van der Waals surface area contributed by atoms with Crippen LogP contribution in [0.2, 0.25) is 0 Å². The largest absolute Gasteiger partial charge is 0.379 e. The van der Waals surface area contributed by atoms with Crippen LogP contribution in [0.4, 0.5) is 0 Å². The lowest BCUT2D eigenvalue weighted by molar-refractivity contribution is -0.000841. The molecule has 0 spiro atoms.